The minimum Gasteiger partial charge on any atom is -0.497 e. The average Bonchev–Trinajstić information content (AvgIpc) is 2.97. The van der Waals surface area contributed by atoms with Crippen LogP contribution in [0, 0.1) is 17.0 Å². The summed E-state index contributed by atoms with van der Waals surface area (Å²) in [6, 6.07) is 4.59. The fourth-order valence-corrected chi connectivity index (χ4v) is 2.77. The zero-order valence-electron chi connectivity index (χ0n) is 15.7. The zero-order valence-corrected chi connectivity index (χ0v) is 15.7. The molecule has 0 saturated carbocycles. The normalized spacial score (nSPS) is 12.0. The van der Waals surface area contributed by atoms with E-state index in [9.17, 15) is 23.7 Å². The highest BCUT2D eigenvalue weighted by atomic mass is 19.3. The van der Waals surface area contributed by atoms with E-state index in [0.717, 1.165) is 4.68 Å². The lowest BCUT2D eigenvalue weighted by molar-refractivity contribution is -0.386. The van der Waals surface area contributed by atoms with Crippen molar-refractivity contribution in [3.8, 4) is 11.5 Å². The van der Waals surface area contributed by atoms with Gasteiger partial charge in [0.15, 0.2) is 0 Å². The zero-order chi connectivity index (χ0) is 21.0. The summed E-state index contributed by atoms with van der Waals surface area (Å²) in [6.07, 6.45) is -3.12. The molecule has 2 rings (SSSR count). The van der Waals surface area contributed by atoms with Crippen LogP contribution < -0.4 is 14.8 Å². The molecular formula is C17H20F2N4O5. The largest absolute Gasteiger partial charge is 0.497 e. The summed E-state index contributed by atoms with van der Waals surface area (Å²) < 4.78 is 37.3. The first-order valence-corrected chi connectivity index (χ1v) is 8.20. The lowest BCUT2D eigenvalue weighted by Crippen LogP contribution is -2.31. The standard InChI is InChI=1S/C17H20F2N4O5/c1-9(12-7-11(27-3)5-6-13(12)28-4)20-14(24)8-22-10(2)16(23(25)26)15(21-22)17(18)19/h5-7,9,17H,8H2,1-4H3,(H,20,24). The lowest BCUT2D eigenvalue weighted by atomic mass is 10.1. The van der Waals surface area contributed by atoms with Gasteiger partial charge in [-0.15, -0.1) is 0 Å². The van der Waals surface area contributed by atoms with Gasteiger partial charge < -0.3 is 14.8 Å². The maximum atomic E-state index is 13.0. The molecule has 1 aromatic carbocycles. The molecule has 0 radical (unpaired) electrons. The Morgan fingerprint density at radius 2 is 2.04 bits per heavy atom. The number of nitro groups is 1. The number of halogens is 2. The number of amides is 1. The molecule has 0 fully saturated rings. The first-order valence-electron chi connectivity index (χ1n) is 8.20. The number of hydrogen-bond donors (Lipinski definition) is 1. The minimum absolute atomic E-state index is 0.123. The van der Waals surface area contributed by atoms with Crippen molar-refractivity contribution in [3.63, 3.8) is 0 Å². The molecule has 152 valence electrons. The molecule has 0 spiro atoms. The van der Waals surface area contributed by atoms with E-state index in [1.54, 1.807) is 25.1 Å². The van der Waals surface area contributed by atoms with Gasteiger partial charge in [0.2, 0.25) is 11.6 Å². The van der Waals surface area contributed by atoms with E-state index in [4.69, 9.17) is 9.47 Å². The van der Waals surface area contributed by atoms with Gasteiger partial charge in [-0.1, -0.05) is 0 Å². The number of nitrogens with one attached hydrogen (secondary N) is 1. The number of methoxy groups -OCH3 is 2. The minimum atomic E-state index is -3.12. The molecule has 1 aromatic heterocycles. The van der Waals surface area contributed by atoms with Crippen LogP contribution in [0.25, 0.3) is 0 Å². The van der Waals surface area contributed by atoms with E-state index < -0.39 is 41.2 Å². The fourth-order valence-electron chi connectivity index (χ4n) is 2.77. The molecule has 1 heterocycles. The summed E-state index contributed by atoms with van der Waals surface area (Å²) in [7, 11) is 2.99. The summed E-state index contributed by atoms with van der Waals surface area (Å²) in [5, 5.41) is 17.3. The molecule has 0 saturated heterocycles. The Hall–Kier alpha value is -3.24. The Morgan fingerprint density at radius 1 is 1.36 bits per heavy atom. The Morgan fingerprint density at radius 3 is 2.54 bits per heavy atom. The molecule has 1 atom stereocenters. The van der Waals surface area contributed by atoms with Crippen LogP contribution in [0.5, 0.6) is 11.5 Å². The molecule has 1 N–H and O–H groups in total. The van der Waals surface area contributed by atoms with E-state index in [1.165, 1.54) is 21.1 Å². The highest BCUT2D eigenvalue weighted by Gasteiger charge is 2.31. The summed E-state index contributed by atoms with van der Waals surface area (Å²) >= 11 is 0. The third-order valence-electron chi connectivity index (χ3n) is 4.16. The van der Waals surface area contributed by atoms with Gasteiger partial charge in [-0.05, 0) is 32.0 Å². The van der Waals surface area contributed by atoms with Gasteiger partial charge in [-0.25, -0.2) is 8.78 Å². The summed E-state index contributed by atoms with van der Waals surface area (Å²) in [5.74, 6) is 0.537. The molecule has 0 bridgehead atoms. The maximum absolute atomic E-state index is 13.0. The topological polar surface area (TPSA) is 109 Å². The van der Waals surface area contributed by atoms with Crippen molar-refractivity contribution in [2.45, 2.75) is 32.9 Å². The van der Waals surface area contributed by atoms with Gasteiger partial charge in [0.25, 0.3) is 6.43 Å². The molecule has 1 unspecified atom stereocenters. The second kappa shape index (κ2) is 8.63. The van der Waals surface area contributed by atoms with Gasteiger partial charge in [-0.2, -0.15) is 5.10 Å². The molecule has 9 nitrogen and oxygen atoms in total. The van der Waals surface area contributed by atoms with Gasteiger partial charge in [-0.3, -0.25) is 19.6 Å². The smallest absolute Gasteiger partial charge is 0.319 e. The summed E-state index contributed by atoms with van der Waals surface area (Å²) in [4.78, 5) is 22.5. The quantitative estimate of drug-likeness (QED) is 0.541. The molecule has 0 aliphatic heterocycles. The van der Waals surface area contributed by atoms with Crippen LogP contribution in [-0.2, 0) is 11.3 Å². The van der Waals surface area contributed by atoms with Crippen LogP contribution in [-0.4, -0.2) is 34.8 Å². The Bertz CT molecular complexity index is 885. The third-order valence-corrected chi connectivity index (χ3v) is 4.16. The fraction of sp³-hybridized carbons (Fsp3) is 0.412. The number of ether oxygens (including phenoxy) is 2. The van der Waals surface area contributed by atoms with Crippen LogP contribution in [0.4, 0.5) is 14.5 Å². The molecule has 11 heteroatoms. The molecule has 2 aromatic rings. The second-order valence-corrected chi connectivity index (χ2v) is 5.93. The Labute approximate surface area is 159 Å². The number of aromatic nitrogens is 2. The molecule has 28 heavy (non-hydrogen) atoms. The summed E-state index contributed by atoms with van der Waals surface area (Å²) in [6.45, 7) is 2.52. The SMILES string of the molecule is COc1ccc(OC)c(C(C)NC(=O)Cn2nc(C(F)F)c([N+](=O)[O-])c2C)c1. The van der Waals surface area contributed by atoms with E-state index in [2.05, 4.69) is 10.4 Å². The van der Waals surface area contributed by atoms with E-state index in [1.807, 2.05) is 0 Å². The number of rotatable bonds is 8. The van der Waals surface area contributed by atoms with Gasteiger partial charge in [0, 0.05) is 5.56 Å². The monoisotopic (exact) mass is 398 g/mol. The first kappa shape index (κ1) is 21.1. The van der Waals surface area contributed by atoms with Crippen LogP contribution in [0.2, 0.25) is 0 Å². The number of benzene rings is 1. The Balaban J connectivity index is 2.21. The number of nitrogens with zero attached hydrogens (tertiary/aromatic N) is 3. The summed E-state index contributed by atoms with van der Waals surface area (Å²) in [5.41, 5.74) is -1.23. The molecule has 0 aliphatic carbocycles. The predicted octanol–water partition coefficient (Wildman–Crippen LogP) is 2.93. The van der Waals surface area contributed by atoms with Gasteiger partial charge in [0.1, 0.15) is 23.7 Å². The third kappa shape index (κ3) is 4.35. The number of carbonyl (C=O) groups is 1. The second-order valence-electron chi connectivity index (χ2n) is 5.93. The van der Waals surface area contributed by atoms with Gasteiger partial charge in [0.05, 0.1) is 25.2 Å². The maximum Gasteiger partial charge on any atom is 0.319 e. The lowest BCUT2D eigenvalue weighted by Gasteiger charge is -2.18. The highest BCUT2D eigenvalue weighted by molar-refractivity contribution is 5.76. The molecular weight excluding hydrogens is 378 g/mol. The highest BCUT2D eigenvalue weighted by Crippen LogP contribution is 2.31. The van der Waals surface area contributed by atoms with E-state index >= 15 is 0 Å². The molecule has 1 amide bonds. The van der Waals surface area contributed by atoms with Crippen molar-refractivity contribution >= 4 is 11.6 Å². The number of carbonyl (C=O) groups excluding carboxylic acids is 1. The predicted molar refractivity (Wildman–Crippen MR) is 94.7 cm³/mol. The average molecular weight is 398 g/mol. The van der Waals surface area contributed by atoms with E-state index in [-0.39, 0.29) is 5.69 Å². The number of hydrogen-bond acceptors (Lipinski definition) is 6. The molecule has 0 aliphatic rings. The van der Waals surface area contributed by atoms with Crippen molar-refractivity contribution in [3.05, 3.63) is 45.3 Å². The van der Waals surface area contributed by atoms with Crippen molar-refractivity contribution < 1.29 is 28.0 Å². The van der Waals surface area contributed by atoms with E-state index in [0.29, 0.717) is 17.1 Å². The van der Waals surface area contributed by atoms with Crippen molar-refractivity contribution in [2.24, 2.45) is 0 Å². The van der Waals surface area contributed by atoms with Crippen LogP contribution >= 0.6 is 0 Å². The van der Waals surface area contributed by atoms with Crippen molar-refractivity contribution in [1.29, 1.82) is 0 Å². The van der Waals surface area contributed by atoms with Crippen LogP contribution in [0.1, 0.15) is 36.3 Å². The first-order chi connectivity index (χ1) is 13.2. The van der Waals surface area contributed by atoms with Crippen molar-refractivity contribution in [1.82, 2.24) is 15.1 Å². The number of alkyl halides is 2. The Kier molecular flexibility index (Phi) is 6.49. The van der Waals surface area contributed by atoms with Crippen LogP contribution in [0.15, 0.2) is 18.2 Å². The van der Waals surface area contributed by atoms with Crippen LogP contribution in [0.3, 0.4) is 0 Å². The van der Waals surface area contributed by atoms with Gasteiger partial charge >= 0.3 is 5.69 Å². The van der Waals surface area contributed by atoms with Crippen molar-refractivity contribution in [2.75, 3.05) is 14.2 Å².